The Morgan fingerprint density at radius 2 is 1.36 bits per heavy atom. The van der Waals surface area contributed by atoms with Gasteiger partial charge < -0.3 is 16.0 Å². The largest absolute Gasteiger partial charge is 0.376 e. The average Bonchev–Trinajstić information content (AvgIpc) is 2.58. The van der Waals surface area contributed by atoms with Crippen molar-refractivity contribution in [2.75, 3.05) is 22.5 Å². The van der Waals surface area contributed by atoms with E-state index in [0.29, 0.717) is 17.8 Å². The maximum atomic E-state index is 12.3. The Bertz CT molecular complexity index is 764. The molecule has 0 aliphatic heterocycles. The number of aryl methyl sites for hydroxylation is 2. The van der Waals surface area contributed by atoms with Gasteiger partial charge in [0, 0.05) is 23.5 Å². The quantitative estimate of drug-likeness (QED) is 0.745. The first-order valence-corrected chi connectivity index (χ1v) is 8.41. The van der Waals surface area contributed by atoms with E-state index in [4.69, 9.17) is 0 Å². The lowest BCUT2D eigenvalue weighted by Crippen LogP contribution is -2.23. The highest BCUT2D eigenvalue weighted by molar-refractivity contribution is 5.97. The fourth-order valence-electron chi connectivity index (χ4n) is 2.60. The van der Waals surface area contributed by atoms with Crippen LogP contribution in [0.25, 0.3) is 0 Å². The molecule has 2 rings (SSSR count). The Morgan fingerprint density at radius 3 is 1.92 bits per heavy atom. The summed E-state index contributed by atoms with van der Waals surface area (Å²) in [6, 6.07) is 11.5. The van der Waals surface area contributed by atoms with Gasteiger partial charge in [-0.3, -0.25) is 9.59 Å². The molecule has 0 bridgehead atoms. The number of benzene rings is 2. The van der Waals surface area contributed by atoms with Gasteiger partial charge in [-0.05, 0) is 49.6 Å². The molecule has 0 aliphatic rings. The lowest BCUT2D eigenvalue weighted by molar-refractivity contribution is -0.116. The van der Waals surface area contributed by atoms with E-state index < -0.39 is 0 Å². The van der Waals surface area contributed by atoms with Crippen molar-refractivity contribution >= 4 is 28.9 Å². The fourth-order valence-corrected chi connectivity index (χ4v) is 2.60. The standard InChI is InChI=1S/C20H25N3O2/c1-5-18(24)22-16-10-7-11-17(15(16)4)23-19(25)12-21-20-13(2)8-6-9-14(20)3/h6-11,21H,5,12H2,1-4H3,(H,22,24)(H,23,25). The molecule has 0 radical (unpaired) electrons. The van der Waals surface area contributed by atoms with E-state index in [0.717, 1.165) is 22.4 Å². The van der Waals surface area contributed by atoms with Gasteiger partial charge in [0.2, 0.25) is 11.8 Å². The van der Waals surface area contributed by atoms with Crippen LogP contribution in [0.15, 0.2) is 36.4 Å². The van der Waals surface area contributed by atoms with Crippen molar-refractivity contribution in [3.63, 3.8) is 0 Å². The maximum absolute atomic E-state index is 12.3. The minimum Gasteiger partial charge on any atom is -0.376 e. The number of para-hydroxylation sites is 1. The van der Waals surface area contributed by atoms with Crippen LogP contribution in [0, 0.1) is 20.8 Å². The average molecular weight is 339 g/mol. The summed E-state index contributed by atoms with van der Waals surface area (Å²) in [5.74, 6) is -0.187. The smallest absolute Gasteiger partial charge is 0.243 e. The zero-order valence-electron chi connectivity index (χ0n) is 15.2. The van der Waals surface area contributed by atoms with Crippen LogP contribution in [0.4, 0.5) is 17.1 Å². The monoisotopic (exact) mass is 339 g/mol. The van der Waals surface area contributed by atoms with Crippen LogP contribution in [-0.4, -0.2) is 18.4 Å². The van der Waals surface area contributed by atoms with Crippen LogP contribution in [0.3, 0.4) is 0 Å². The Kier molecular flexibility index (Phi) is 6.17. The molecule has 0 saturated heterocycles. The number of anilines is 3. The molecular formula is C20H25N3O2. The third-order valence-corrected chi connectivity index (χ3v) is 4.11. The van der Waals surface area contributed by atoms with Crippen LogP contribution in [-0.2, 0) is 9.59 Å². The van der Waals surface area contributed by atoms with Crippen molar-refractivity contribution in [2.24, 2.45) is 0 Å². The van der Waals surface area contributed by atoms with Crippen molar-refractivity contribution in [3.05, 3.63) is 53.1 Å². The highest BCUT2D eigenvalue weighted by Gasteiger charge is 2.10. The molecule has 0 saturated carbocycles. The van der Waals surface area contributed by atoms with Gasteiger partial charge in [-0.25, -0.2) is 0 Å². The highest BCUT2D eigenvalue weighted by atomic mass is 16.2. The summed E-state index contributed by atoms with van der Waals surface area (Å²) < 4.78 is 0. The number of carbonyl (C=O) groups is 2. The number of carbonyl (C=O) groups excluding carboxylic acids is 2. The molecule has 0 heterocycles. The van der Waals surface area contributed by atoms with E-state index >= 15 is 0 Å². The highest BCUT2D eigenvalue weighted by Crippen LogP contribution is 2.24. The second-order valence-corrected chi connectivity index (χ2v) is 6.05. The lowest BCUT2D eigenvalue weighted by atomic mass is 10.1. The van der Waals surface area contributed by atoms with E-state index in [1.54, 1.807) is 6.92 Å². The molecule has 0 spiro atoms. The van der Waals surface area contributed by atoms with E-state index in [1.807, 2.05) is 57.2 Å². The molecule has 5 nitrogen and oxygen atoms in total. The van der Waals surface area contributed by atoms with Crippen molar-refractivity contribution < 1.29 is 9.59 Å². The van der Waals surface area contributed by atoms with E-state index in [2.05, 4.69) is 16.0 Å². The normalized spacial score (nSPS) is 10.2. The van der Waals surface area contributed by atoms with Crippen LogP contribution in [0.1, 0.15) is 30.0 Å². The maximum Gasteiger partial charge on any atom is 0.243 e. The van der Waals surface area contributed by atoms with Gasteiger partial charge in [-0.1, -0.05) is 31.2 Å². The molecule has 2 amide bonds. The summed E-state index contributed by atoms with van der Waals surface area (Å²) in [7, 11) is 0. The number of hydrogen-bond acceptors (Lipinski definition) is 3. The molecule has 0 fully saturated rings. The van der Waals surface area contributed by atoms with Crippen molar-refractivity contribution in [1.29, 1.82) is 0 Å². The van der Waals surface area contributed by atoms with Gasteiger partial charge >= 0.3 is 0 Å². The van der Waals surface area contributed by atoms with Gasteiger partial charge in [0.05, 0.1) is 6.54 Å². The summed E-state index contributed by atoms with van der Waals surface area (Å²) in [6.45, 7) is 7.88. The molecule has 0 aromatic heterocycles. The summed E-state index contributed by atoms with van der Waals surface area (Å²) in [5, 5.41) is 8.93. The van der Waals surface area contributed by atoms with Crippen LogP contribution >= 0.6 is 0 Å². The van der Waals surface area contributed by atoms with E-state index in [1.165, 1.54) is 0 Å². The molecule has 0 aliphatic carbocycles. The third kappa shape index (κ3) is 4.83. The predicted octanol–water partition coefficient (Wildman–Crippen LogP) is 4.01. The van der Waals surface area contributed by atoms with E-state index in [9.17, 15) is 9.59 Å². The van der Waals surface area contributed by atoms with Gasteiger partial charge in [-0.15, -0.1) is 0 Å². The molecule has 132 valence electrons. The zero-order chi connectivity index (χ0) is 18.4. The SMILES string of the molecule is CCC(=O)Nc1cccc(NC(=O)CNc2c(C)cccc2C)c1C. The Balaban J connectivity index is 2.03. The Morgan fingerprint density at radius 1 is 0.840 bits per heavy atom. The summed E-state index contributed by atoms with van der Waals surface area (Å²) in [5.41, 5.74) is 5.44. The number of amides is 2. The number of nitrogens with one attached hydrogen (secondary N) is 3. The minimum absolute atomic E-state index is 0.0525. The summed E-state index contributed by atoms with van der Waals surface area (Å²) >= 11 is 0. The van der Waals surface area contributed by atoms with Crippen LogP contribution in [0.5, 0.6) is 0 Å². The number of hydrogen-bond donors (Lipinski definition) is 3. The second-order valence-electron chi connectivity index (χ2n) is 6.05. The summed E-state index contributed by atoms with van der Waals surface area (Å²) in [4.78, 5) is 23.9. The zero-order valence-corrected chi connectivity index (χ0v) is 15.2. The number of rotatable bonds is 6. The topological polar surface area (TPSA) is 70.2 Å². The second kappa shape index (κ2) is 8.33. The van der Waals surface area contributed by atoms with Gasteiger partial charge in [-0.2, -0.15) is 0 Å². The van der Waals surface area contributed by atoms with Crippen molar-refractivity contribution in [2.45, 2.75) is 34.1 Å². The van der Waals surface area contributed by atoms with Gasteiger partial charge in [0.25, 0.3) is 0 Å². The Hall–Kier alpha value is -2.82. The van der Waals surface area contributed by atoms with Crippen LogP contribution in [0.2, 0.25) is 0 Å². The predicted molar refractivity (Wildman–Crippen MR) is 103 cm³/mol. The minimum atomic E-state index is -0.135. The van der Waals surface area contributed by atoms with Crippen molar-refractivity contribution in [1.82, 2.24) is 0 Å². The van der Waals surface area contributed by atoms with Gasteiger partial charge in [0.15, 0.2) is 0 Å². The molecule has 2 aromatic carbocycles. The molecule has 0 unspecified atom stereocenters. The van der Waals surface area contributed by atoms with E-state index in [-0.39, 0.29) is 18.4 Å². The summed E-state index contributed by atoms with van der Waals surface area (Å²) in [6.07, 6.45) is 0.412. The van der Waals surface area contributed by atoms with Crippen molar-refractivity contribution in [3.8, 4) is 0 Å². The molecule has 25 heavy (non-hydrogen) atoms. The first-order chi connectivity index (χ1) is 11.9. The molecular weight excluding hydrogens is 314 g/mol. The molecule has 5 heteroatoms. The molecule has 3 N–H and O–H groups in total. The molecule has 2 aromatic rings. The van der Waals surface area contributed by atoms with Crippen LogP contribution < -0.4 is 16.0 Å². The first kappa shape index (κ1) is 18.5. The fraction of sp³-hybridized carbons (Fsp3) is 0.300. The first-order valence-electron chi connectivity index (χ1n) is 8.41. The Labute approximate surface area is 148 Å². The third-order valence-electron chi connectivity index (χ3n) is 4.11. The molecule has 0 atom stereocenters. The van der Waals surface area contributed by atoms with Gasteiger partial charge in [0.1, 0.15) is 0 Å². The lowest BCUT2D eigenvalue weighted by Gasteiger charge is -2.15.